The van der Waals surface area contributed by atoms with E-state index in [2.05, 4.69) is 36.8 Å². The molecule has 0 unspecified atom stereocenters. The van der Waals surface area contributed by atoms with E-state index >= 15 is 8.78 Å². The molecule has 3 aromatic heterocycles. The smallest absolute Gasteiger partial charge is 0.330 e. The molecule has 1 spiro atoms. The minimum absolute atomic E-state index is 0.00318. The van der Waals surface area contributed by atoms with Crippen molar-refractivity contribution in [1.29, 1.82) is 5.26 Å². The van der Waals surface area contributed by atoms with Crippen molar-refractivity contribution >= 4 is 76.7 Å². The minimum Gasteiger partial charge on any atom is -0.461 e. The fraction of sp³-hybridized carbons (Fsp3) is 0.432. The molecule has 0 aliphatic carbocycles. The van der Waals surface area contributed by atoms with E-state index in [1.165, 1.54) is 16.7 Å². The van der Waals surface area contributed by atoms with E-state index in [4.69, 9.17) is 32.0 Å². The van der Waals surface area contributed by atoms with Crippen LogP contribution in [-0.4, -0.2) is 86.8 Å². The molecule has 16 heteroatoms. The topological polar surface area (TPSA) is 129 Å². The van der Waals surface area contributed by atoms with Gasteiger partial charge in [-0.2, -0.15) is 15.2 Å². The van der Waals surface area contributed by atoms with Crippen LogP contribution in [0, 0.1) is 28.4 Å². The third kappa shape index (κ3) is 5.63. The van der Waals surface area contributed by atoms with Gasteiger partial charge in [0.15, 0.2) is 10.6 Å². The van der Waals surface area contributed by atoms with Crippen molar-refractivity contribution in [2.24, 2.45) is 5.41 Å². The van der Waals surface area contributed by atoms with Crippen molar-refractivity contribution in [3.05, 3.63) is 57.5 Å². The second-order valence-electron chi connectivity index (χ2n) is 14.8. The Bertz CT molecular complexity index is 2350. The fourth-order valence-electron chi connectivity index (χ4n) is 9.16. The molecule has 0 radical (unpaired) electrons. The van der Waals surface area contributed by atoms with E-state index in [-0.39, 0.29) is 65.3 Å². The highest BCUT2D eigenvalue weighted by Crippen LogP contribution is 2.47. The second kappa shape index (κ2) is 13.0. The fourth-order valence-corrected chi connectivity index (χ4v) is 10.8. The maximum Gasteiger partial charge on any atom is 0.330 e. The van der Waals surface area contributed by atoms with Gasteiger partial charge in [0.25, 0.3) is 0 Å². The summed E-state index contributed by atoms with van der Waals surface area (Å²) >= 11 is 11.3. The molecule has 0 saturated carbocycles. The van der Waals surface area contributed by atoms with Crippen molar-refractivity contribution in [3.63, 3.8) is 0 Å². The maximum absolute atomic E-state index is 17.3. The van der Waals surface area contributed by atoms with Crippen molar-refractivity contribution in [3.8, 4) is 23.2 Å². The number of thiophene rings is 1. The van der Waals surface area contributed by atoms with Gasteiger partial charge in [0.1, 0.15) is 34.8 Å². The molecular formula is C37H35BrClF2N9O2S. The molecule has 7 heterocycles. The Balaban J connectivity index is 1.14. The van der Waals surface area contributed by atoms with Gasteiger partial charge in [-0.15, -0.1) is 11.3 Å². The summed E-state index contributed by atoms with van der Waals surface area (Å²) in [4.78, 5) is 33.6. The van der Waals surface area contributed by atoms with Crippen LogP contribution in [0.15, 0.2) is 35.3 Å². The van der Waals surface area contributed by atoms with Gasteiger partial charge in [-0.3, -0.25) is 4.90 Å². The number of nitrogens with two attached hydrogens (primary N) is 1. The van der Waals surface area contributed by atoms with Gasteiger partial charge < -0.3 is 20.3 Å². The molecule has 4 aliphatic heterocycles. The second-order valence-corrected chi connectivity index (χ2v) is 17.0. The van der Waals surface area contributed by atoms with Crippen LogP contribution in [-0.2, 0) is 0 Å². The van der Waals surface area contributed by atoms with Gasteiger partial charge in [0.05, 0.1) is 20.8 Å². The zero-order valence-corrected chi connectivity index (χ0v) is 31.8. The monoisotopic (exact) mass is 821 g/mol. The average Bonchev–Trinajstić information content (AvgIpc) is 3.88. The number of carbonyl (C=O) groups excluding carboxylic acids is 1. The largest absolute Gasteiger partial charge is 0.461 e. The van der Waals surface area contributed by atoms with Gasteiger partial charge in [0.2, 0.25) is 0 Å². The zero-order chi connectivity index (χ0) is 36.6. The van der Waals surface area contributed by atoms with Crippen LogP contribution in [0.4, 0.5) is 24.4 Å². The molecule has 4 aliphatic rings. The van der Waals surface area contributed by atoms with Crippen LogP contribution in [0.5, 0.6) is 6.01 Å². The van der Waals surface area contributed by atoms with Crippen LogP contribution in [0.3, 0.4) is 0 Å². The number of hydrogen-bond donors (Lipinski definition) is 1. The third-order valence-electron chi connectivity index (χ3n) is 11.7. The quantitative estimate of drug-likeness (QED) is 0.189. The molecule has 4 saturated heterocycles. The van der Waals surface area contributed by atoms with Gasteiger partial charge in [0, 0.05) is 60.3 Å². The molecule has 274 valence electrons. The predicted octanol–water partition coefficient (Wildman–Crippen LogP) is 7.82. The standard InChI is InChI=1S/C37H35BrClF2N9O2S/c38-33-44-10-14-50(33)35(51)48-18-36(19-48)7-1-2-11-47(17-36)32-22-15-24(39)27(21-5-6-25(40)30-26(21)23(16-42)31(43)53-30)28(41)29(22)45-34(46-32)52-20-37-8-3-12-49(37)13-4-9-37/h5-6,10,14-15H,1-4,7-9,11-13,17-20,43H2. The van der Waals surface area contributed by atoms with Crippen LogP contribution >= 0.6 is 38.9 Å². The van der Waals surface area contributed by atoms with Crippen molar-refractivity contribution < 1.29 is 18.3 Å². The number of imidazole rings is 1. The van der Waals surface area contributed by atoms with Crippen molar-refractivity contribution in [1.82, 2.24) is 29.3 Å². The normalized spacial score (nSPS) is 19.5. The molecule has 0 atom stereocenters. The van der Waals surface area contributed by atoms with Crippen LogP contribution < -0.4 is 15.4 Å². The molecule has 2 N–H and O–H groups in total. The molecular weight excluding hydrogens is 788 g/mol. The van der Waals surface area contributed by atoms with Gasteiger partial charge >= 0.3 is 12.0 Å². The summed E-state index contributed by atoms with van der Waals surface area (Å²) in [5.74, 6) is -0.773. The first-order chi connectivity index (χ1) is 25.6. The first-order valence-corrected chi connectivity index (χ1v) is 19.8. The molecule has 9 rings (SSSR count). The minimum atomic E-state index is -0.722. The van der Waals surface area contributed by atoms with E-state index in [1.807, 2.05) is 4.90 Å². The summed E-state index contributed by atoms with van der Waals surface area (Å²) in [7, 11) is 0. The highest BCUT2D eigenvalue weighted by Gasteiger charge is 2.48. The molecule has 11 nitrogen and oxygen atoms in total. The summed E-state index contributed by atoms with van der Waals surface area (Å²) in [6.45, 7) is 4.81. The third-order valence-corrected chi connectivity index (χ3v) is 13.6. The lowest BCUT2D eigenvalue weighted by Gasteiger charge is -2.51. The summed E-state index contributed by atoms with van der Waals surface area (Å²) in [6.07, 6.45) is 10.2. The number of rotatable bonds is 5. The first-order valence-electron chi connectivity index (χ1n) is 17.8. The van der Waals surface area contributed by atoms with Gasteiger partial charge in [-0.05, 0) is 85.2 Å². The number of ether oxygens (including phenoxy) is 1. The number of aromatic nitrogens is 4. The lowest BCUT2D eigenvalue weighted by molar-refractivity contribution is 0.0325. The Kier molecular flexibility index (Phi) is 8.52. The van der Waals surface area contributed by atoms with E-state index in [9.17, 15) is 10.1 Å². The lowest BCUT2D eigenvalue weighted by atomic mass is 9.76. The number of anilines is 2. The molecule has 4 fully saturated rings. The Labute approximate surface area is 321 Å². The number of benzene rings is 2. The van der Waals surface area contributed by atoms with E-state index in [1.54, 1.807) is 18.5 Å². The molecule has 2 aromatic carbocycles. The number of amides is 1. The van der Waals surface area contributed by atoms with Crippen molar-refractivity contribution in [2.75, 3.05) is 56.5 Å². The number of nitrogen functional groups attached to an aromatic ring is 1. The zero-order valence-electron chi connectivity index (χ0n) is 28.7. The Morgan fingerprint density at radius 1 is 1.09 bits per heavy atom. The number of carbonyl (C=O) groups is 1. The average molecular weight is 823 g/mol. The number of likely N-dealkylation sites (tertiary alicyclic amines) is 1. The molecule has 0 bridgehead atoms. The Morgan fingerprint density at radius 2 is 1.89 bits per heavy atom. The number of halogens is 4. The number of nitrogens with zero attached hydrogens (tertiary/aromatic N) is 8. The van der Waals surface area contributed by atoms with E-state index < -0.39 is 11.6 Å². The van der Waals surface area contributed by atoms with E-state index in [0.717, 1.165) is 69.4 Å². The SMILES string of the molecule is N#Cc1c(N)sc2c(F)ccc(-c3c(Cl)cc4c(N5CCCCC6(CN(C(=O)n7ccnc7Br)C6)C5)nc(OCC56CCCN5CCC6)nc4c3F)c12. The number of hydrogen-bond acceptors (Lipinski definition) is 10. The van der Waals surface area contributed by atoms with Gasteiger partial charge in [-0.1, -0.05) is 24.1 Å². The van der Waals surface area contributed by atoms with Crippen LogP contribution in [0.25, 0.3) is 32.1 Å². The molecule has 53 heavy (non-hydrogen) atoms. The lowest BCUT2D eigenvalue weighted by Crippen LogP contribution is -2.62. The van der Waals surface area contributed by atoms with Crippen molar-refractivity contribution in [2.45, 2.75) is 50.5 Å². The molecule has 1 amide bonds. The van der Waals surface area contributed by atoms with Gasteiger partial charge in [-0.25, -0.2) is 23.1 Å². The highest BCUT2D eigenvalue weighted by molar-refractivity contribution is 9.10. The summed E-state index contributed by atoms with van der Waals surface area (Å²) in [5.41, 5.74) is 6.18. The summed E-state index contributed by atoms with van der Waals surface area (Å²) < 4.78 is 40.8. The summed E-state index contributed by atoms with van der Waals surface area (Å²) in [5, 5.41) is 10.8. The van der Waals surface area contributed by atoms with Crippen LogP contribution in [0.2, 0.25) is 5.02 Å². The maximum atomic E-state index is 17.3. The Morgan fingerprint density at radius 3 is 2.62 bits per heavy atom. The first kappa shape index (κ1) is 34.7. The Hall–Kier alpha value is -4.10. The van der Waals surface area contributed by atoms with E-state index in [0.29, 0.717) is 48.7 Å². The molecule has 5 aromatic rings. The highest BCUT2D eigenvalue weighted by atomic mass is 79.9. The summed E-state index contributed by atoms with van der Waals surface area (Å²) in [6, 6.07) is 6.31. The van der Waals surface area contributed by atoms with Crippen LogP contribution in [0.1, 0.15) is 50.5 Å². The number of nitriles is 1. The number of fused-ring (bicyclic) bond motifs is 3. The predicted molar refractivity (Wildman–Crippen MR) is 203 cm³/mol.